The second-order valence-corrected chi connectivity index (χ2v) is 7.03. The molecule has 2 fully saturated rings. The maximum absolute atomic E-state index is 12.1. The van der Waals surface area contributed by atoms with Crippen molar-refractivity contribution in [1.82, 2.24) is 0 Å². The molecule has 4 unspecified atom stereocenters. The second-order valence-electron chi connectivity index (χ2n) is 7.03. The molecular formula is C15H27NO3. The van der Waals surface area contributed by atoms with Crippen molar-refractivity contribution in [2.45, 2.75) is 71.2 Å². The van der Waals surface area contributed by atoms with Gasteiger partial charge in [-0.1, -0.05) is 20.8 Å². The molecule has 0 aromatic rings. The fourth-order valence-corrected chi connectivity index (χ4v) is 3.64. The number of hydrogen-bond acceptors (Lipinski definition) is 4. The third-order valence-corrected chi connectivity index (χ3v) is 4.26. The molecule has 2 N–H and O–H groups in total. The van der Waals surface area contributed by atoms with Gasteiger partial charge in [-0.15, -0.1) is 0 Å². The zero-order chi connectivity index (χ0) is 14.0. The van der Waals surface area contributed by atoms with E-state index in [2.05, 4.69) is 20.8 Å². The van der Waals surface area contributed by atoms with Crippen molar-refractivity contribution in [3.05, 3.63) is 0 Å². The zero-order valence-electron chi connectivity index (χ0n) is 12.4. The number of carbonyl (C=O) groups excluding carboxylic acids is 1. The Hall–Kier alpha value is -0.610. The zero-order valence-corrected chi connectivity index (χ0v) is 12.4. The Balaban J connectivity index is 1.85. The maximum atomic E-state index is 12.1. The summed E-state index contributed by atoms with van der Waals surface area (Å²) in [7, 11) is 0. The van der Waals surface area contributed by atoms with Crippen LogP contribution in [0.4, 0.5) is 0 Å². The Bertz CT molecular complexity index is 329. The number of nitrogens with two attached hydrogens (primary N) is 1. The van der Waals surface area contributed by atoms with E-state index in [1.54, 1.807) is 0 Å². The van der Waals surface area contributed by atoms with Gasteiger partial charge in [0.25, 0.3) is 0 Å². The molecule has 2 rings (SSSR count). The van der Waals surface area contributed by atoms with E-state index in [0.29, 0.717) is 12.5 Å². The molecule has 1 saturated carbocycles. The molecule has 1 heterocycles. The Morgan fingerprint density at radius 1 is 1.37 bits per heavy atom. The number of esters is 1. The largest absolute Gasteiger partial charge is 0.460 e. The molecule has 110 valence electrons. The number of hydrogen-bond donors (Lipinski definition) is 1. The average molecular weight is 269 g/mol. The topological polar surface area (TPSA) is 61.5 Å². The molecule has 4 nitrogen and oxygen atoms in total. The molecule has 19 heavy (non-hydrogen) atoms. The van der Waals surface area contributed by atoms with E-state index in [4.69, 9.17) is 15.2 Å². The van der Waals surface area contributed by atoms with Gasteiger partial charge in [0.05, 0.1) is 6.10 Å². The fraction of sp³-hybridized carbons (Fsp3) is 0.933. The summed E-state index contributed by atoms with van der Waals surface area (Å²) in [5.74, 6) is 0.425. The van der Waals surface area contributed by atoms with Crippen molar-refractivity contribution >= 4 is 5.97 Å². The Labute approximate surface area is 116 Å². The Kier molecular flexibility index (Phi) is 4.51. The molecule has 1 saturated heterocycles. The molecule has 0 radical (unpaired) electrons. The van der Waals surface area contributed by atoms with Gasteiger partial charge < -0.3 is 15.2 Å². The summed E-state index contributed by atoms with van der Waals surface area (Å²) in [6.45, 7) is 7.22. The number of carbonyl (C=O) groups is 1. The highest BCUT2D eigenvalue weighted by Crippen LogP contribution is 2.40. The molecule has 0 aromatic carbocycles. The van der Waals surface area contributed by atoms with Crippen LogP contribution in [0, 0.1) is 11.3 Å². The van der Waals surface area contributed by atoms with Gasteiger partial charge in [-0.05, 0) is 43.4 Å². The number of rotatable bonds is 3. The summed E-state index contributed by atoms with van der Waals surface area (Å²) in [5, 5.41) is 0. The molecule has 4 atom stereocenters. The van der Waals surface area contributed by atoms with Crippen LogP contribution in [0.15, 0.2) is 0 Å². The summed E-state index contributed by atoms with van der Waals surface area (Å²) in [4.78, 5) is 12.1. The van der Waals surface area contributed by atoms with Gasteiger partial charge in [-0.25, -0.2) is 4.79 Å². The molecule has 0 bridgehead atoms. The first-order chi connectivity index (χ1) is 8.89. The van der Waals surface area contributed by atoms with Crippen LogP contribution in [0.3, 0.4) is 0 Å². The highest BCUT2D eigenvalue weighted by molar-refractivity contribution is 5.75. The van der Waals surface area contributed by atoms with Gasteiger partial charge in [-0.2, -0.15) is 0 Å². The molecule has 4 heteroatoms. The van der Waals surface area contributed by atoms with Crippen LogP contribution in [0.5, 0.6) is 0 Å². The van der Waals surface area contributed by atoms with Crippen LogP contribution in [-0.2, 0) is 14.3 Å². The monoisotopic (exact) mass is 269 g/mol. The van der Waals surface area contributed by atoms with Crippen molar-refractivity contribution in [1.29, 1.82) is 0 Å². The third kappa shape index (κ3) is 3.93. The summed E-state index contributed by atoms with van der Waals surface area (Å²) in [6, 6.07) is 0. The first-order valence-corrected chi connectivity index (χ1v) is 7.45. The SMILES string of the molecule is CC1CC(OC(=O)C2CCC(CN)O2)CC(C)(C)C1. The van der Waals surface area contributed by atoms with E-state index in [-0.39, 0.29) is 23.6 Å². The van der Waals surface area contributed by atoms with Gasteiger partial charge in [0, 0.05) is 6.54 Å². The maximum Gasteiger partial charge on any atom is 0.335 e. The quantitative estimate of drug-likeness (QED) is 0.798. The van der Waals surface area contributed by atoms with Crippen molar-refractivity contribution in [2.24, 2.45) is 17.1 Å². The van der Waals surface area contributed by atoms with Crippen molar-refractivity contribution in [3.63, 3.8) is 0 Å². The highest BCUT2D eigenvalue weighted by Gasteiger charge is 2.37. The summed E-state index contributed by atoms with van der Waals surface area (Å²) >= 11 is 0. The lowest BCUT2D eigenvalue weighted by molar-refractivity contribution is -0.165. The lowest BCUT2D eigenvalue weighted by Crippen LogP contribution is -2.36. The average Bonchev–Trinajstić information content (AvgIpc) is 2.74. The summed E-state index contributed by atoms with van der Waals surface area (Å²) in [5.41, 5.74) is 5.82. The molecule has 2 aliphatic rings. The standard InChI is InChI=1S/C15H27NO3/c1-10-6-12(8-15(2,3)7-10)19-14(17)13-5-4-11(9-16)18-13/h10-13H,4-9,16H2,1-3H3. The van der Waals surface area contributed by atoms with Gasteiger partial charge in [0.15, 0.2) is 6.10 Å². The van der Waals surface area contributed by atoms with Gasteiger partial charge in [0.2, 0.25) is 0 Å². The van der Waals surface area contributed by atoms with E-state index in [0.717, 1.165) is 25.7 Å². The third-order valence-electron chi connectivity index (χ3n) is 4.26. The van der Waals surface area contributed by atoms with Gasteiger partial charge in [-0.3, -0.25) is 0 Å². The lowest BCUT2D eigenvalue weighted by atomic mass is 9.71. The Morgan fingerprint density at radius 2 is 2.11 bits per heavy atom. The van der Waals surface area contributed by atoms with Crippen LogP contribution in [0.25, 0.3) is 0 Å². The fourth-order valence-electron chi connectivity index (χ4n) is 3.64. The van der Waals surface area contributed by atoms with E-state index in [1.165, 1.54) is 6.42 Å². The lowest BCUT2D eigenvalue weighted by Gasteiger charge is -2.38. The van der Waals surface area contributed by atoms with Crippen LogP contribution in [-0.4, -0.2) is 30.8 Å². The molecule has 0 aromatic heterocycles. The van der Waals surface area contributed by atoms with Crippen LogP contribution in [0.2, 0.25) is 0 Å². The predicted molar refractivity (Wildman–Crippen MR) is 73.6 cm³/mol. The van der Waals surface area contributed by atoms with Gasteiger partial charge in [0.1, 0.15) is 6.10 Å². The van der Waals surface area contributed by atoms with Crippen molar-refractivity contribution in [3.8, 4) is 0 Å². The molecule has 0 spiro atoms. The Morgan fingerprint density at radius 3 is 2.68 bits per heavy atom. The second kappa shape index (κ2) is 5.80. The molecular weight excluding hydrogens is 242 g/mol. The van der Waals surface area contributed by atoms with E-state index < -0.39 is 6.10 Å². The van der Waals surface area contributed by atoms with E-state index in [9.17, 15) is 4.79 Å². The number of ether oxygens (including phenoxy) is 2. The van der Waals surface area contributed by atoms with Crippen molar-refractivity contribution in [2.75, 3.05) is 6.54 Å². The first-order valence-electron chi connectivity index (χ1n) is 7.45. The smallest absolute Gasteiger partial charge is 0.335 e. The van der Waals surface area contributed by atoms with Crippen molar-refractivity contribution < 1.29 is 14.3 Å². The normalized spacial score (nSPS) is 38.1. The molecule has 0 amide bonds. The van der Waals surface area contributed by atoms with Crippen LogP contribution < -0.4 is 5.73 Å². The van der Waals surface area contributed by atoms with E-state index >= 15 is 0 Å². The van der Waals surface area contributed by atoms with Gasteiger partial charge >= 0.3 is 5.97 Å². The molecule has 1 aliphatic heterocycles. The van der Waals surface area contributed by atoms with E-state index in [1.807, 2.05) is 0 Å². The minimum Gasteiger partial charge on any atom is -0.460 e. The first kappa shape index (κ1) is 14.8. The highest BCUT2D eigenvalue weighted by atomic mass is 16.6. The van der Waals surface area contributed by atoms with Crippen LogP contribution in [0.1, 0.15) is 52.9 Å². The predicted octanol–water partition coefficient (Wildman–Crippen LogP) is 2.25. The minimum absolute atomic E-state index is 0.0271. The molecule has 1 aliphatic carbocycles. The van der Waals surface area contributed by atoms with Crippen LogP contribution >= 0.6 is 0 Å². The summed E-state index contributed by atoms with van der Waals surface area (Å²) in [6.07, 6.45) is 4.42. The summed E-state index contributed by atoms with van der Waals surface area (Å²) < 4.78 is 11.3. The minimum atomic E-state index is -0.395.